The van der Waals surface area contributed by atoms with E-state index in [1.807, 2.05) is 29.8 Å². The summed E-state index contributed by atoms with van der Waals surface area (Å²) in [7, 11) is 0. The number of aromatic nitrogens is 2. The molecule has 0 spiro atoms. The summed E-state index contributed by atoms with van der Waals surface area (Å²) in [6, 6.07) is 11.3. The zero-order valence-corrected chi connectivity index (χ0v) is 17.1. The number of benzene rings is 1. The van der Waals surface area contributed by atoms with Crippen LogP contribution in [0, 0.1) is 13.8 Å². The zero-order chi connectivity index (χ0) is 19.5. The number of carbonyl (C=O) groups excluding carboxylic acids is 1. The molecule has 5 heteroatoms. The SMILES string of the molecule is Cc1cc(C)n(Cc2cccc(C(=O)NC3CCC3NC3CCCCC3)c2)n1. The molecule has 28 heavy (non-hydrogen) atoms. The van der Waals surface area contributed by atoms with Crippen molar-refractivity contribution in [1.82, 2.24) is 20.4 Å². The van der Waals surface area contributed by atoms with E-state index in [1.54, 1.807) is 0 Å². The van der Waals surface area contributed by atoms with E-state index in [4.69, 9.17) is 0 Å². The Morgan fingerprint density at radius 3 is 2.54 bits per heavy atom. The van der Waals surface area contributed by atoms with Gasteiger partial charge < -0.3 is 10.6 Å². The minimum absolute atomic E-state index is 0.0374. The van der Waals surface area contributed by atoms with E-state index in [9.17, 15) is 4.79 Å². The van der Waals surface area contributed by atoms with Crippen molar-refractivity contribution in [3.63, 3.8) is 0 Å². The number of rotatable bonds is 6. The number of nitrogens with one attached hydrogen (secondary N) is 2. The van der Waals surface area contributed by atoms with Crippen molar-refractivity contribution in [2.24, 2.45) is 0 Å². The van der Waals surface area contributed by atoms with Crippen molar-refractivity contribution in [2.75, 3.05) is 0 Å². The van der Waals surface area contributed by atoms with Gasteiger partial charge in [0.1, 0.15) is 0 Å². The molecule has 0 bridgehead atoms. The van der Waals surface area contributed by atoms with Crippen LogP contribution in [-0.2, 0) is 6.54 Å². The molecule has 4 rings (SSSR count). The highest BCUT2D eigenvalue weighted by Crippen LogP contribution is 2.25. The average Bonchev–Trinajstić information content (AvgIpc) is 3.01. The molecule has 2 aliphatic rings. The van der Waals surface area contributed by atoms with Gasteiger partial charge in [0.15, 0.2) is 0 Å². The first-order valence-corrected chi connectivity index (χ1v) is 10.8. The molecule has 2 fully saturated rings. The normalized spacial score (nSPS) is 22.6. The molecule has 5 nitrogen and oxygen atoms in total. The molecule has 2 aliphatic carbocycles. The Labute approximate surface area is 167 Å². The van der Waals surface area contributed by atoms with Gasteiger partial charge in [-0.05, 0) is 63.3 Å². The van der Waals surface area contributed by atoms with E-state index in [0.717, 1.165) is 28.9 Å². The molecule has 1 aromatic heterocycles. The van der Waals surface area contributed by atoms with E-state index in [0.29, 0.717) is 18.6 Å². The van der Waals surface area contributed by atoms with Crippen LogP contribution in [0.25, 0.3) is 0 Å². The summed E-state index contributed by atoms with van der Waals surface area (Å²) < 4.78 is 1.99. The van der Waals surface area contributed by atoms with Crippen molar-refractivity contribution in [3.8, 4) is 0 Å². The summed E-state index contributed by atoms with van der Waals surface area (Å²) in [6.45, 7) is 4.76. The number of hydrogen-bond donors (Lipinski definition) is 2. The van der Waals surface area contributed by atoms with Gasteiger partial charge in [-0.3, -0.25) is 9.48 Å². The molecule has 0 radical (unpaired) electrons. The zero-order valence-electron chi connectivity index (χ0n) is 17.1. The first kappa shape index (κ1) is 19.2. The van der Waals surface area contributed by atoms with Crippen molar-refractivity contribution in [3.05, 3.63) is 52.8 Å². The molecule has 2 saturated carbocycles. The Morgan fingerprint density at radius 2 is 1.86 bits per heavy atom. The van der Waals surface area contributed by atoms with Crippen molar-refractivity contribution in [2.45, 2.75) is 83.5 Å². The second-order valence-corrected chi connectivity index (χ2v) is 8.55. The van der Waals surface area contributed by atoms with Crippen molar-refractivity contribution in [1.29, 1.82) is 0 Å². The van der Waals surface area contributed by atoms with Crippen LogP contribution in [0.4, 0.5) is 0 Å². The first-order chi connectivity index (χ1) is 13.6. The quantitative estimate of drug-likeness (QED) is 0.803. The van der Waals surface area contributed by atoms with Crippen LogP contribution in [0.3, 0.4) is 0 Å². The standard InChI is InChI=1S/C23H32N4O/c1-16-13-17(2)27(26-16)15-18-7-6-8-19(14-18)23(28)25-22-12-11-21(22)24-20-9-4-3-5-10-20/h6-8,13-14,20-22,24H,3-5,9-12,15H2,1-2H3,(H,25,28). The highest BCUT2D eigenvalue weighted by atomic mass is 16.1. The van der Waals surface area contributed by atoms with E-state index in [1.165, 1.54) is 38.5 Å². The molecule has 2 atom stereocenters. The molecule has 1 heterocycles. The van der Waals surface area contributed by atoms with Crippen LogP contribution in [0.1, 0.15) is 72.3 Å². The fraction of sp³-hybridized carbons (Fsp3) is 0.565. The highest BCUT2D eigenvalue weighted by Gasteiger charge is 2.33. The lowest BCUT2D eigenvalue weighted by molar-refractivity contribution is 0.0885. The first-order valence-electron chi connectivity index (χ1n) is 10.8. The maximum Gasteiger partial charge on any atom is 0.251 e. The third kappa shape index (κ3) is 4.46. The lowest BCUT2D eigenvalue weighted by atomic mass is 9.84. The number of hydrogen-bond acceptors (Lipinski definition) is 3. The van der Waals surface area contributed by atoms with Gasteiger partial charge in [-0.15, -0.1) is 0 Å². The summed E-state index contributed by atoms with van der Waals surface area (Å²) in [6.07, 6.45) is 8.85. The van der Waals surface area contributed by atoms with E-state index in [-0.39, 0.29) is 11.9 Å². The third-order valence-electron chi connectivity index (χ3n) is 6.27. The molecule has 0 aliphatic heterocycles. The fourth-order valence-electron chi connectivity index (χ4n) is 4.51. The monoisotopic (exact) mass is 380 g/mol. The van der Waals surface area contributed by atoms with Gasteiger partial charge in [-0.1, -0.05) is 31.4 Å². The average molecular weight is 381 g/mol. The van der Waals surface area contributed by atoms with E-state index >= 15 is 0 Å². The smallest absolute Gasteiger partial charge is 0.251 e. The fourth-order valence-corrected chi connectivity index (χ4v) is 4.51. The van der Waals surface area contributed by atoms with E-state index in [2.05, 4.69) is 34.8 Å². The Hall–Kier alpha value is -2.14. The Kier molecular flexibility index (Phi) is 5.81. The molecule has 2 aromatic rings. The lowest BCUT2D eigenvalue weighted by Crippen LogP contribution is -2.59. The summed E-state index contributed by atoms with van der Waals surface area (Å²) >= 11 is 0. The van der Waals surface area contributed by atoms with Crippen LogP contribution in [0.15, 0.2) is 30.3 Å². The summed E-state index contributed by atoms with van der Waals surface area (Å²) in [5, 5.41) is 11.6. The summed E-state index contributed by atoms with van der Waals surface area (Å²) in [4.78, 5) is 12.8. The van der Waals surface area contributed by atoms with Crippen LogP contribution >= 0.6 is 0 Å². The lowest BCUT2D eigenvalue weighted by Gasteiger charge is -2.41. The largest absolute Gasteiger partial charge is 0.348 e. The van der Waals surface area contributed by atoms with Gasteiger partial charge in [0.2, 0.25) is 0 Å². The van der Waals surface area contributed by atoms with Gasteiger partial charge in [0, 0.05) is 29.4 Å². The van der Waals surface area contributed by atoms with Gasteiger partial charge in [0.05, 0.1) is 12.2 Å². The van der Waals surface area contributed by atoms with Crippen LogP contribution in [-0.4, -0.2) is 33.8 Å². The Balaban J connectivity index is 1.35. The molecule has 150 valence electrons. The number of carbonyl (C=O) groups is 1. The number of amides is 1. The Morgan fingerprint density at radius 1 is 1.07 bits per heavy atom. The van der Waals surface area contributed by atoms with Gasteiger partial charge in [-0.2, -0.15) is 5.10 Å². The predicted octanol–water partition coefficient (Wildman–Crippen LogP) is 3.73. The van der Waals surface area contributed by atoms with Gasteiger partial charge >= 0.3 is 0 Å². The maximum atomic E-state index is 12.8. The van der Waals surface area contributed by atoms with Gasteiger partial charge in [0.25, 0.3) is 5.91 Å². The second kappa shape index (κ2) is 8.48. The third-order valence-corrected chi connectivity index (χ3v) is 6.27. The molecule has 1 aromatic carbocycles. The summed E-state index contributed by atoms with van der Waals surface area (Å²) in [5.41, 5.74) is 4.00. The molecular weight excluding hydrogens is 348 g/mol. The van der Waals surface area contributed by atoms with Gasteiger partial charge in [-0.25, -0.2) is 0 Å². The van der Waals surface area contributed by atoms with Crippen LogP contribution in [0.5, 0.6) is 0 Å². The highest BCUT2D eigenvalue weighted by molar-refractivity contribution is 5.94. The van der Waals surface area contributed by atoms with Crippen molar-refractivity contribution >= 4 is 5.91 Å². The topological polar surface area (TPSA) is 59.0 Å². The molecular formula is C23H32N4O. The minimum atomic E-state index is 0.0374. The second-order valence-electron chi connectivity index (χ2n) is 8.55. The number of aryl methyl sites for hydroxylation is 2. The van der Waals surface area contributed by atoms with Crippen LogP contribution < -0.4 is 10.6 Å². The molecule has 2 N–H and O–H groups in total. The van der Waals surface area contributed by atoms with Crippen molar-refractivity contribution < 1.29 is 4.79 Å². The molecule has 1 amide bonds. The maximum absolute atomic E-state index is 12.8. The molecule has 0 saturated heterocycles. The molecule has 2 unspecified atom stereocenters. The Bertz CT molecular complexity index is 822. The van der Waals surface area contributed by atoms with E-state index < -0.39 is 0 Å². The minimum Gasteiger partial charge on any atom is -0.348 e. The number of nitrogens with zero attached hydrogens (tertiary/aromatic N) is 2. The predicted molar refractivity (Wildman–Crippen MR) is 112 cm³/mol. The summed E-state index contributed by atoms with van der Waals surface area (Å²) in [5.74, 6) is 0.0374. The van der Waals surface area contributed by atoms with Crippen LogP contribution in [0.2, 0.25) is 0 Å².